The molecule has 2 aliphatic heterocycles. The normalized spacial score (nSPS) is 19.7. The average molecular weight is 618 g/mol. The van der Waals surface area contributed by atoms with Gasteiger partial charge in [0.05, 0.1) is 17.4 Å². The molecule has 208 valence electrons. The number of nitrogens with one attached hydrogen (secondary N) is 1. The van der Waals surface area contributed by atoms with E-state index in [0.717, 1.165) is 29.4 Å². The van der Waals surface area contributed by atoms with Gasteiger partial charge in [-0.1, -0.05) is 39.3 Å². The number of hydrogen-bond acceptors (Lipinski definition) is 8. The molecule has 0 spiro atoms. The highest BCUT2D eigenvalue weighted by Gasteiger charge is 2.30. The number of sulfonamides is 1. The van der Waals surface area contributed by atoms with Crippen LogP contribution in [0, 0.1) is 12.8 Å². The molecule has 12 heteroatoms. The summed E-state index contributed by atoms with van der Waals surface area (Å²) in [5, 5.41) is 7.07. The number of likely N-dealkylation sites (tertiary alicyclic amines) is 1. The van der Waals surface area contributed by atoms with Crippen molar-refractivity contribution in [1.82, 2.24) is 24.2 Å². The quantitative estimate of drug-likeness (QED) is 0.429. The SMILES string of the molecule is Cc1ccc(NC(=O)C2CCCN(Cc3nc(-c4cccc(Br)c4)no3)C2)cc1S(=O)(=O)N1CCN(C)CC1. The predicted octanol–water partition coefficient (Wildman–Crippen LogP) is 3.59. The Labute approximate surface area is 237 Å². The fourth-order valence-corrected chi connectivity index (χ4v) is 7.11. The molecule has 0 saturated carbocycles. The molecule has 1 N–H and O–H groups in total. The number of halogens is 1. The Hall–Kier alpha value is -2.64. The highest BCUT2D eigenvalue weighted by Crippen LogP contribution is 2.27. The molecule has 5 rings (SSSR count). The standard InChI is InChI=1S/C27H33BrN6O4S/c1-19-8-9-23(16-24(19)39(36,37)34-13-11-32(2)12-14-34)29-27(35)21-6-4-10-33(17-21)18-25-30-26(31-38-25)20-5-3-7-22(28)15-20/h3,5,7-9,15-16,21H,4,6,10-14,17-18H2,1-2H3,(H,29,35). The number of benzene rings is 2. The van der Waals surface area contributed by atoms with E-state index in [9.17, 15) is 13.2 Å². The smallest absolute Gasteiger partial charge is 0.243 e. The topological polar surface area (TPSA) is 112 Å². The first-order valence-electron chi connectivity index (χ1n) is 13.1. The predicted molar refractivity (Wildman–Crippen MR) is 151 cm³/mol. The van der Waals surface area contributed by atoms with E-state index >= 15 is 0 Å². The number of carbonyl (C=O) groups is 1. The van der Waals surface area contributed by atoms with Crippen LogP contribution in [0.15, 0.2) is 56.4 Å². The van der Waals surface area contributed by atoms with Gasteiger partial charge < -0.3 is 14.7 Å². The first kappa shape index (κ1) is 27.9. The number of piperazine rings is 1. The fraction of sp³-hybridized carbons (Fsp3) is 0.444. The maximum atomic E-state index is 13.3. The molecule has 10 nitrogen and oxygen atoms in total. The number of aromatic nitrogens is 2. The summed E-state index contributed by atoms with van der Waals surface area (Å²) in [7, 11) is -1.65. The molecule has 1 aromatic heterocycles. The van der Waals surface area contributed by atoms with Crippen LogP contribution in [0.4, 0.5) is 5.69 Å². The number of nitrogens with zero attached hydrogens (tertiary/aromatic N) is 5. The molecule has 2 aromatic carbocycles. The van der Waals surface area contributed by atoms with Gasteiger partial charge in [-0.15, -0.1) is 0 Å². The van der Waals surface area contributed by atoms with Crippen molar-refractivity contribution in [2.75, 3.05) is 51.6 Å². The molecule has 0 bridgehead atoms. The number of carbonyl (C=O) groups excluding carboxylic acids is 1. The van der Waals surface area contributed by atoms with Gasteiger partial charge >= 0.3 is 0 Å². The molecule has 1 unspecified atom stereocenters. The van der Waals surface area contributed by atoms with Gasteiger partial charge in [0.25, 0.3) is 0 Å². The van der Waals surface area contributed by atoms with E-state index < -0.39 is 10.0 Å². The van der Waals surface area contributed by atoms with Crippen LogP contribution in [0.2, 0.25) is 0 Å². The minimum atomic E-state index is -3.64. The highest BCUT2D eigenvalue weighted by molar-refractivity contribution is 9.10. The van der Waals surface area contributed by atoms with Gasteiger partial charge in [-0.3, -0.25) is 9.69 Å². The van der Waals surface area contributed by atoms with Crippen LogP contribution < -0.4 is 5.32 Å². The Morgan fingerprint density at radius 3 is 2.69 bits per heavy atom. The number of amides is 1. The second-order valence-corrected chi connectivity index (χ2v) is 13.1. The number of rotatable bonds is 7. The second-order valence-electron chi connectivity index (χ2n) is 10.3. The number of piperidine rings is 1. The Bertz CT molecular complexity index is 1440. The Balaban J connectivity index is 1.22. The van der Waals surface area contributed by atoms with Gasteiger partial charge in [-0.05, 0) is 63.2 Å². The van der Waals surface area contributed by atoms with Crippen molar-refractivity contribution in [3.8, 4) is 11.4 Å². The van der Waals surface area contributed by atoms with Gasteiger partial charge in [0.15, 0.2) is 0 Å². The molecule has 2 saturated heterocycles. The zero-order valence-electron chi connectivity index (χ0n) is 22.1. The van der Waals surface area contributed by atoms with Crippen molar-refractivity contribution in [2.24, 2.45) is 5.92 Å². The van der Waals surface area contributed by atoms with Crippen LogP contribution in [0.5, 0.6) is 0 Å². The van der Waals surface area contributed by atoms with Crippen molar-refractivity contribution in [3.05, 3.63) is 58.4 Å². The maximum Gasteiger partial charge on any atom is 0.243 e. The third-order valence-corrected chi connectivity index (χ3v) is 9.86. The van der Waals surface area contributed by atoms with E-state index in [4.69, 9.17) is 4.52 Å². The van der Waals surface area contributed by atoms with Gasteiger partial charge in [0, 0.05) is 48.4 Å². The van der Waals surface area contributed by atoms with E-state index in [1.165, 1.54) is 4.31 Å². The molecule has 39 heavy (non-hydrogen) atoms. The summed E-state index contributed by atoms with van der Waals surface area (Å²) in [6.07, 6.45) is 1.62. The minimum Gasteiger partial charge on any atom is -0.338 e. The molecular formula is C27H33BrN6O4S. The first-order valence-corrected chi connectivity index (χ1v) is 15.3. The van der Waals surface area contributed by atoms with Crippen LogP contribution in [0.1, 0.15) is 24.3 Å². The molecule has 2 fully saturated rings. The molecule has 0 aliphatic carbocycles. The third kappa shape index (κ3) is 6.58. The summed E-state index contributed by atoms with van der Waals surface area (Å²) in [5.41, 5.74) is 2.02. The van der Waals surface area contributed by atoms with Crippen molar-refractivity contribution < 1.29 is 17.7 Å². The Kier molecular flexibility index (Phi) is 8.48. The number of hydrogen-bond donors (Lipinski definition) is 1. The zero-order chi connectivity index (χ0) is 27.6. The molecular weight excluding hydrogens is 584 g/mol. The van der Waals surface area contributed by atoms with Crippen LogP contribution in [0.25, 0.3) is 11.4 Å². The van der Waals surface area contributed by atoms with Crippen molar-refractivity contribution in [3.63, 3.8) is 0 Å². The lowest BCUT2D eigenvalue weighted by molar-refractivity contribution is -0.121. The van der Waals surface area contributed by atoms with Crippen LogP contribution >= 0.6 is 15.9 Å². The number of anilines is 1. The molecule has 1 amide bonds. The first-order chi connectivity index (χ1) is 18.7. The molecule has 1 atom stereocenters. The average Bonchev–Trinajstić information content (AvgIpc) is 3.38. The maximum absolute atomic E-state index is 13.3. The van der Waals surface area contributed by atoms with Crippen LogP contribution in [0.3, 0.4) is 0 Å². The Morgan fingerprint density at radius 1 is 1.13 bits per heavy atom. The Morgan fingerprint density at radius 2 is 1.92 bits per heavy atom. The fourth-order valence-electron chi connectivity index (χ4n) is 5.04. The summed E-state index contributed by atoms with van der Waals surface area (Å²) < 4.78 is 34.6. The zero-order valence-corrected chi connectivity index (χ0v) is 24.5. The summed E-state index contributed by atoms with van der Waals surface area (Å²) in [6, 6.07) is 12.8. The second kappa shape index (κ2) is 11.8. The highest BCUT2D eigenvalue weighted by atomic mass is 79.9. The van der Waals surface area contributed by atoms with Gasteiger partial charge in [-0.25, -0.2) is 8.42 Å². The largest absolute Gasteiger partial charge is 0.338 e. The lowest BCUT2D eigenvalue weighted by atomic mass is 9.97. The van der Waals surface area contributed by atoms with Crippen molar-refractivity contribution in [1.29, 1.82) is 0 Å². The summed E-state index contributed by atoms with van der Waals surface area (Å²) in [5.74, 6) is 0.680. The lowest BCUT2D eigenvalue weighted by Crippen LogP contribution is -2.47. The summed E-state index contributed by atoms with van der Waals surface area (Å²) in [6.45, 7) is 5.93. The number of likely N-dealkylation sites (N-methyl/N-ethyl adjacent to an activating group) is 1. The van der Waals surface area contributed by atoms with E-state index in [1.54, 1.807) is 25.1 Å². The van der Waals surface area contributed by atoms with Crippen molar-refractivity contribution in [2.45, 2.75) is 31.2 Å². The minimum absolute atomic E-state index is 0.119. The molecule has 3 aromatic rings. The molecule has 2 aliphatic rings. The molecule has 3 heterocycles. The number of aryl methyl sites for hydroxylation is 1. The van der Waals surface area contributed by atoms with E-state index in [1.807, 2.05) is 31.3 Å². The molecule has 0 radical (unpaired) electrons. The van der Waals surface area contributed by atoms with E-state index in [2.05, 4.69) is 41.2 Å². The van der Waals surface area contributed by atoms with E-state index in [-0.39, 0.29) is 16.7 Å². The lowest BCUT2D eigenvalue weighted by Gasteiger charge is -2.32. The van der Waals surface area contributed by atoms with Crippen molar-refractivity contribution >= 4 is 37.5 Å². The van der Waals surface area contributed by atoms with Gasteiger partial charge in [0.1, 0.15) is 0 Å². The van der Waals surface area contributed by atoms with E-state index in [0.29, 0.717) is 62.2 Å². The summed E-state index contributed by atoms with van der Waals surface area (Å²) >= 11 is 3.46. The van der Waals surface area contributed by atoms with Crippen LogP contribution in [-0.4, -0.2) is 84.9 Å². The third-order valence-electron chi connectivity index (χ3n) is 7.32. The van der Waals surface area contributed by atoms with Gasteiger partial charge in [-0.2, -0.15) is 9.29 Å². The van der Waals surface area contributed by atoms with Gasteiger partial charge in [0.2, 0.25) is 27.6 Å². The monoisotopic (exact) mass is 616 g/mol. The summed E-state index contributed by atoms with van der Waals surface area (Å²) in [4.78, 5) is 22.2. The van der Waals surface area contributed by atoms with Crippen LogP contribution in [-0.2, 0) is 21.4 Å².